The van der Waals surface area contributed by atoms with Crippen molar-refractivity contribution in [2.24, 2.45) is 12.8 Å². The van der Waals surface area contributed by atoms with Crippen LogP contribution in [-0.2, 0) is 11.8 Å². The minimum atomic E-state index is -0.839. The Kier molecular flexibility index (Phi) is 4.58. The van der Waals surface area contributed by atoms with Crippen LogP contribution in [0.1, 0.15) is 20.8 Å². The predicted octanol–water partition coefficient (Wildman–Crippen LogP) is -0.557. The lowest BCUT2D eigenvalue weighted by Crippen LogP contribution is -2.57. The molecule has 1 heterocycles. The highest BCUT2D eigenvalue weighted by molar-refractivity contribution is 7.99. The second kappa shape index (κ2) is 5.57. The molecule has 0 radical (unpaired) electrons. The molecule has 0 aliphatic heterocycles. The Morgan fingerprint density at radius 2 is 2.28 bits per heavy atom. The third kappa shape index (κ3) is 3.36. The Morgan fingerprint density at radius 3 is 2.67 bits per heavy atom. The number of nitrogens with zero attached hydrogens (tertiary/aromatic N) is 2. The van der Waals surface area contributed by atoms with E-state index >= 15 is 0 Å². The molecule has 1 unspecified atom stereocenters. The Morgan fingerprint density at radius 1 is 1.67 bits per heavy atom. The quantitative estimate of drug-likeness (QED) is 0.603. The number of rotatable bonds is 6. The largest absolute Gasteiger partial charge is 0.368 e. The van der Waals surface area contributed by atoms with Crippen LogP contribution in [0.4, 0.5) is 0 Å². The van der Waals surface area contributed by atoms with Gasteiger partial charge in [0.05, 0.1) is 0 Å². The van der Waals surface area contributed by atoms with Crippen molar-refractivity contribution in [1.29, 1.82) is 0 Å². The van der Waals surface area contributed by atoms with E-state index in [2.05, 4.69) is 15.5 Å². The molecule has 0 spiro atoms. The lowest BCUT2D eigenvalue weighted by Gasteiger charge is -2.29. The summed E-state index contributed by atoms with van der Waals surface area (Å²) in [5.74, 6) is -0.0252. The average molecular weight is 273 g/mol. The van der Waals surface area contributed by atoms with E-state index in [1.165, 1.54) is 16.3 Å². The summed E-state index contributed by atoms with van der Waals surface area (Å²) in [5, 5.41) is 9.87. The molecule has 1 aromatic rings. The number of hydrogen-bond donors (Lipinski definition) is 3. The summed E-state index contributed by atoms with van der Waals surface area (Å²) in [6, 6.07) is 0.131. The van der Waals surface area contributed by atoms with Crippen molar-refractivity contribution in [2.75, 3.05) is 5.75 Å². The fourth-order valence-electron chi connectivity index (χ4n) is 1.49. The molecular weight excluding hydrogens is 254 g/mol. The molecule has 18 heavy (non-hydrogen) atoms. The number of primary amides is 1. The molecule has 0 bridgehead atoms. The molecule has 0 fully saturated rings. The van der Waals surface area contributed by atoms with Gasteiger partial charge < -0.3 is 11.1 Å². The van der Waals surface area contributed by atoms with Crippen LogP contribution >= 0.6 is 11.8 Å². The number of nitrogens with two attached hydrogens (primary N) is 1. The Hall–Kier alpha value is -1.28. The van der Waals surface area contributed by atoms with Crippen LogP contribution in [0.3, 0.4) is 0 Å². The summed E-state index contributed by atoms with van der Waals surface area (Å²) in [7, 11) is 1.62. The second-order valence-electron chi connectivity index (χ2n) is 4.65. The first-order valence-corrected chi connectivity index (χ1v) is 6.56. The second-order valence-corrected chi connectivity index (χ2v) is 5.60. The molecule has 4 N–H and O–H groups in total. The summed E-state index contributed by atoms with van der Waals surface area (Å²) in [6.45, 7) is 5.62. The highest BCUT2D eigenvalue weighted by atomic mass is 32.2. The van der Waals surface area contributed by atoms with Gasteiger partial charge in [0.2, 0.25) is 5.91 Å². The Balaban J connectivity index is 2.77. The van der Waals surface area contributed by atoms with Gasteiger partial charge in [0.25, 0.3) is 0 Å². The highest BCUT2D eigenvalue weighted by Crippen LogP contribution is 2.19. The molecule has 0 aliphatic rings. The van der Waals surface area contributed by atoms with Gasteiger partial charge in [-0.05, 0) is 20.8 Å². The van der Waals surface area contributed by atoms with Crippen molar-refractivity contribution < 1.29 is 4.79 Å². The van der Waals surface area contributed by atoms with Gasteiger partial charge >= 0.3 is 5.69 Å². The number of nitrogens with one attached hydrogen (secondary N) is 2. The number of hydrogen-bond acceptors (Lipinski definition) is 5. The van der Waals surface area contributed by atoms with Crippen molar-refractivity contribution in [3.63, 3.8) is 0 Å². The van der Waals surface area contributed by atoms with Crippen LogP contribution in [0.15, 0.2) is 9.95 Å². The van der Waals surface area contributed by atoms with E-state index in [1.807, 2.05) is 13.8 Å². The summed E-state index contributed by atoms with van der Waals surface area (Å²) in [5.41, 5.74) is 4.29. The van der Waals surface area contributed by atoms with Crippen LogP contribution in [0.5, 0.6) is 0 Å². The number of carbonyl (C=O) groups is 1. The molecule has 8 heteroatoms. The van der Waals surface area contributed by atoms with Crippen molar-refractivity contribution in [2.45, 2.75) is 37.5 Å². The Bertz CT molecular complexity index is 481. The van der Waals surface area contributed by atoms with Crippen molar-refractivity contribution in [1.82, 2.24) is 20.1 Å². The van der Waals surface area contributed by atoms with Crippen LogP contribution < -0.4 is 16.7 Å². The van der Waals surface area contributed by atoms with Crippen molar-refractivity contribution in [3.05, 3.63) is 10.5 Å². The first-order valence-electron chi connectivity index (χ1n) is 5.58. The lowest BCUT2D eigenvalue weighted by atomic mass is 10.0. The van der Waals surface area contributed by atoms with E-state index in [0.717, 1.165) is 0 Å². The molecule has 1 amide bonds. The molecule has 1 atom stereocenters. The Labute approximate surface area is 110 Å². The summed E-state index contributed by atoms with van der Waals surface area (Å²) < 4.78 is 1.39. The van der Waals surface area contributed by atoms with Gasteiger partial charge in [-0.25, -0.2) is 9.89 Å². The van der Waals surface area contributed by atoms with E-state index in [-0.39, 0.29) is 11.7 Å². The standard InChI is InChI=1S/C10H19N5O2S/c1-6(2)12-10(3,7(11)16)5-18-9-14-13-8(17)15(9)4/h6,12H,5H2,1-4H3,(H2,11,16)(H,13,17). The zero-order chi connectivity index (χ0) is 13.9. The first kappa shape index (κ1) is 14.8. The van der Waals surface area contributed by atoms with Gasteiger partial charge in [-0.15, -0.1) is 5.10 Å². The van der Waals surface area contributed by atoms with Crippen LogP contribution in [0, 0.1) is 0 Å². The summed E-state index contributed by atoms with van der Waals surface area (Å²) in [4.78, 5) is 22.7. The maximum absolute atomic E-state index is 11.5. The first-order chi connectivity index (χ1) is 8.26. The fraction of sp³-hybridized carbons (Fsp3) is 0.700. The topological polar surface area (TPSA) is 106 Å². The lowest BCUT2D eigenvalue weighted by molar-refractivity contribution is -0.123. The van der Waals surface area contributed by atoms with Gasteiger partial charge in [0.15, 0.2) is 5.16 Å². The van der Waals surface area contributed by atoms with Crippen LogP contribution in [-0.4, -0.2) is 38.0 Å². The van der Waals surface area contributed by atoms with Crippen molar-refractivity contribution >= 4 is 17.7 Å². The number of amides is 1. The highest BCUT2D eigenvalue weighted by Gasteiger charge is 2.32. The predicted molar refractivity (Wildman–Crippen MR) is 70.4 cm³/mol. The van der Waals surface area contributed by atoms with Gasteiger partial charge in [0.1, 0.15) is 5.54 Å². The minimum Gasteiger partial charge on any atom is -0.368 e. The minimum absolute atomic E-state index is 0.131. The maximum Gasteiger partial charge on any atom is 0.343 e. The number of aromatic amines is 1. The SMILES string of the molecule is CC(C)NC(C)(CSc1n[nH]c(=O)n1C)C(N)=O. The van der Waals surface area contributed by atoms with E-state index in [0.29, 0.717) is 10.9 Å². The van der Waals surface area contributed by atoms with Gasteiger partial charge in [0, 0.05) is 18.8 Å². The molecule has 0 saturated carbocycles. The van der Waals surface area contributed by atoms with Gasteiger partial charge in [-0.3, -0.25) is 9.36 Å². The molecule has 1 rings (SSSR count). The monoisotopic (exact) mass is 273 g/mol. The van der Waals surface area contributed by atoms with E-state index in [9.17, 15) is 9.59 Å². The molecule has 0 saturated heterocycles. The summed E-state index contributed by atoms with van der Waals surface area (Å²) >= 11 is 1.30. The van der Waals surface area contributed by atoms with E-state index < -0.39 is 11.4 Å². The van der Waals surface area contributed by atoms with Crippen LogP contribution in [0.2, 0.25) is 0 Å². The molecule has 7 nitrogen and oxygen atoms in total. The normalized spacial score (nSPS) is 14.7. The van der Waals surface area contributed by atoms with E-state index in [4.69, 9.17) is 5.73 Å². The van der Waals surface area contributed by atoms with Crippen LogP contribution in [0.25, 0.3) is 0 Å². The smallest absolute Gasteiger partial charge is 0.343 e. The van der Waals surface area contributed by atoms with Crippen molar-refractivity contribution in [3.8, 4) is 0 Å². The third-order valence-electron chi connectivity index (χ3n) is 2.48. The molecule has 102 valence electrons. The molecule has 0 aromatic carbocycles. The third-order valence-corrected chi connectivity index (χ3v) is 3.82. The molecule has 1 aromatic heterocycles. The van der Waals surface area contributed by atoms with Gasteiger partial charge in [-0.1, -0.05) is 11.8 Å². The zero-order valence-electron chi connectivity index (χ0n) is 11.0. The fourth-order valence-corrected chi connectivity index (χ4v) is 2.52. The number of H-pyrrole nitrogens is 1. The average Bonchev–Trinajstić information content (AvgIpc) is 2.56. The number of aromatic nitrogens is 3. The number of carbonyl (C=O) groups excluding carboxylic acids is 1. The molecule has 0 aliphatic carbocycles. The number of thioether (sulfide) groups is 1. The van der Waals surface area contributed by atoms with E-state index in [1.54, 1.807) is 14.0 Å². The zero-order valence-corrected chi connectivity index (χ0v) is 11.8. The molecular formula is C10H19N5O2S. The summed E-state index contributed by atoms with van der Waals surface area (Å²) in [6.07, 6.45) is 0. The maximum atomic E-state index is 11.5. The van der Waals surface area contributed by atoms with Gasteiger partial charge in [-0.2, -0.15) is 0 Å².